The summed E-state index contributed by atoms with van der Waals surface area (Å²) >= 11 is 0. The maximum absolute atomic E-state index is 5.39. The minimum Gasteiger partial charge on any atom is -0.422 e. The molecule has 0 aliphatic carbocycles. The molecule has 0 atom stereocenters. The summed E-state index contributed by atoms with van der Waals surface area (Å²) in [6, 6.07) is 0. The van der Waals surface area contributed by atoms with Gasteiger partial charge in [0.15, 0.2) is 0 Å². The van der Waals surface area contributed by atoms with Gasteiger partial charge >= 0.3 is 23.0 Å². The highest BCUT2D eigenvalue weighted by molar-refractivity contribution is 7.78. The molecule has 1 heterocycles. The van der Waals surface area contributed by atoms with E-state index in [1.807, 2.05) is 0 Å². The van der Waals surface area contributed by atoms with Crippen LogP contribution in [0.5, 0.6) is 0 Å². The van der Waals surface area contributed by atoms with Gasteiger partial charge in [0.2, 0.25) is 0 Å². The SMILES string of the molecule is C=COP1(OC=C)=NP(OC=C)(OC=C)=NP(OC=C)(OC=C)=N1. The molecule has 132 valence electrons. The van der Waals surface area contributed by atoms with Gasteiger partial charge in [-0.1, -0.05) is 53.0 Å². The van der Waals surface area contributed by atoms with E-state index in [0.29, 0.717) is 0 Å². The van der Waals surface area contributed by atoms with Gasteiger partial charge < -0.3 is 27.1 Å². The summed E-state index contributed by atoms with van der Waals surface area (Å²) in [5.74, 6) is 0. The summed E-state index contributed by atoms with van der Waals surface area (Å²) in [6.07, 6.45) is 6.60. The van der Waals surface area contributed by atoms with Gasteiger partial charge in [0, 0.05) is 0 Å². The molecule has 0 amide bonds. The van der Waals surface area contributed by atoms with Crippen molar-refractivity contribution in [2.24, 2.45) is 13.5 Å². The largest absolute Gasteiger partial charge is 0.459 e. The molecular weight excluding hydrogens is 375 g/mol. The Hall–Kier alpha value is -2.07. The van der Waals surface area contributed by atoms with E-state index < -0.39 is 23.0 Å². The molecule has 0 aromatic carbocycles. The van der Waals surface area contributed by atoms with E-state index in [2.05, 4.69) is 53.0 Å². The summed E-state index contributed by atoms with van der Waals surface area (Å²) in [7, 11) is -10.3. The average molecular weight is 393 g/mol. The van der Waals surface area contributed by atoms with Crippen molar-refractivity contribution >= 4 is 23.0 Å². The number of rotatable bonds is 12. The van der Waals surface area contributed by atoms with Crippen molar-refractivity contribution in [2.75, 3.05) is 0 Å². The van der Waals surface area contributed by atoms with Crippen LogP contribution in [-0.4, -0.2) is 0 Å². The molecule has 12 heteroatoms. The molecule has 1 aliphatic heterocycles. The third-order valence-corrected chi connectivity index (χ3v) is 9.92. The molecule has 0 radical (unpaired) electrons. The second kappa shape index (κ2) is 8.69. The maximum atomic E-state index is 5.39. The highest BCUT2D eigenvalue weighted by Gasteiger charge is 2.45. The van der Waals surface area contributed by atoms with E-state index in [9.17, 15) is 0 Å². The minimum absolute atomic E-state index is 1.10. The summed E-state index contributed by atoms with van der Waals surface area (Å²) in [5.41, 5.74) is 0. The predicted octanol–water partition coefficient (Wildman–Crippen LogP) is 6.80. The maximum Gasteiger partial charge on any atom is 0.459 e. The zero-order valence-electron chi connectivity index (χ0n) is 12.8. The summed E-state index contributed by atoms with van der Waals surface area (Å²) in [6.45, 7) is 20.9. The standard InChI is InChI=1S/C12H18N3O6P3/c1-7-16-22(17-8-2)13-23(18-9-3,19-10-4)15-24(14-22,20-11-5)21-12-6/h7-12H,1-6H2. The first kappa shape index (κ1) is 20.0. The lowest BCUT2D eigenvalue weighted by atomic mass is 11.2. The van der Waals surface area contributed by atoms with Crippen molar-refractivity contribution in [3.05, 3.63) is 77.0 Å². The Balaban J connectivity index is 3.88. The van der Waals surface area contributed by atoms with E-state index >= 15 is 0 Å². The smallest absolute Gasteiger partial charge is 0.422 e. The molecule has 1 rings (SSSR count). The number of hydrogen-bond donors (Lipinski definition) is 0. The van der Waals surface area contributed by atoms with Gasteiger partial charge in [-0.25, -0.2) is 0 Å². The molecule has 0 unspecified atom stereocenters. The normalized spacial score (nSPS) is 18.5. The fourth-order valence-corrected chi connectivity index (χ4v) is 9.55. The van der Waals surface area contributed by atoms with Gasteiger partial charge in [-0.2, -0.15) is 0 Å². The molecule has 1 aliphatic rings. The van der Waals surface area contributed by atoms with E-state index in [4.69, 9.17) is 27.1 Å². The van der Waals surface area contributed by atoms with Crippen LogP contribution in [0.2, 0.25) is 0 Å². The quantitative estimate of drug-likeness (QED) is 0.267. The first-order valence-corrected chi connectivity index (χ1v) is 10.8. The topological polar surface area (TPSA) is 92.5 Å². The number of hydrogen-bond acceptors (Lipinski definition) is 9. The molecular formula is C12H18N3O6P3. The van der Waals surface area contributed by atoms with Gasteiger partial charge in [0.1, 0.15) is 0 Å². The Morgan fingerprint density at radius 1 is 0.417 bits per heavy atom. The Morgan fingerprint density at radius 3 is 0.708 bits per heavy atom. The molecule has 9 nitrogen and oxygen atoms in total. The van der Waals surface area contributed by atoms with Crippen LogP contribution in [0.25, 0.3) is 0 Å². The molecule has 0 fully saturated rings. The lowest BCUT2D eigenvalue weighted by Crippen LogP contribution is -1.96. The summed E-state index contributed by atoms with van der Waals surface area (Å²) < 4.78 is 45.2. The first-order valence-electron chi connectivity index (χ1n) is 6.16. The zero-order valence-corrected chi connectivity index (χ0v) is 15.5. The van der Waals surface area contributed by atoms with Gasteiger partial charge in [-0.15, -0.1) is 0 Å². The van der Waals surface area contributed by atoms with Gasteiger partial charge in [0.25, 0.3) is 0 Å². The van der Waals surface area contributed by atoms with Crippen molar-refractivity contribution in [1.29, 1.82) is 0 Å². The van der Waals surface area contributed by atoms with Crippen LogP contribution in [0, 0.1) is 0 Å². The van der Waals surface area contributed by atoms with E-state index in [1.54, 1.807) is 0 Å². The van der Waals surface area contributed by atoms with Crippen LogP contribution in [-0.2, 0) is 27.1 Å². The molecule has 0 aromatic heterocycles. The first-order chi connectivity index (χ1) is 11.5. The van der Waals surface area contributed by atoms with Crippen LogP contribution in [0.3, 0.4) is 0 Å². The fraction of sp³-hybridized carbons (Fsp3) is 0. The van der Waals surface area contributed by atoms with Crippen LogP contribution < -0.4 is 0 Å². The Bertz CT molecular complexity index is 561. The van der Waals surface area contributed by atoms with Crippen LogP contribution >= 0.6 is 23.0 Å². The Labute approximate surface area is 141 Å². The monoisotopic (exact) mass is 393 g/mol. The van der Waals surface area contributed by atoms with Crippen LogP contribution in [0.1, 0.15) is 0 Å². The second-order valence-electron chi connectivity index (χ2n) is 3.37. The highest BCUT2D eigenvalue weighted by Crippen LogP contribution is 2.80. The third kappa shape index (κ3) is 4.48. The molecule has 0 saturated heterocycles. The third-order valence-electron chi connectivity index (χ3n) is 1.95. The average Bonchev–Trinajstić information content (AvgIpc) is 2.48. The summed E-state index contributed by atoms with van der Waals surface area (Å²) in [5, 5.41) is 0. The van der Waals surface area contributed by atoms with Crippen molar-refractivity contribution in [2.45, 2.75) is 0 Å². The summed E-state index contributed by atoms with van der Waals surface area (Å²) in [4.78, 5) is 0. The second-order valence-corrected chi connectivity index (χ2v) is 9.73. The van der Waals surface area contributed by atoms with E-state index in [0.717, 1.165) is 37.6 Å². The minimum atomic E-state index is -3.42. The molecule has 24 heavy (non-hydrogen) atoms. The van der Waals surface area contributed by atoms with Crippen molar-refractivity contribution in [3.8, 4) is 0 Å². The molecule has 0 bridgehead atoms. The van der Waals surface area contributed by atoms with E-state index in [-0.39, 0.29) is 0 Å². The predicted molar refractivity (Wildman–Crippen MR) is 95.7 cm³/mol. The molecule has 0 N–H and O–H groups in total. The Morgan fingerprint density at radius 2 is 0.583 bits per heavy atom. The van der Waals surface area contributed by atoms with Crippen LogP contribution in [0.15, 0.2) is 90.6 Å². The van der Waals surface area contributed by atoms with Gasteiger partial charge in [-0.3, -0.25) is 0 Å². The lowest BCUT2D eigenvalue weighted by Gasteiger charge is -2.29. The number of nitrogens with zero attached hydrogens (tertiary/aromatic N) is 3. The van der Waals surface area contributed by atoms with Crippen molar-refractivity contribution < 1.29 is 27.1 Å². The Kier molecular flexibility index (Phi) is 7.23. The van der Waals surface area contributed by atoms with Crippen molar-refractivity contribution in [1.82, 2.24) is 0 Å². The zero-order chi connectivity index (χ0) is 18.1. The van der Waals surface area contributed by atoms with Gasteiger partial charge in [-0.05, 0) is 0 Å². The van der Waals surface area contributed by atoms with E-state index in [1.165, 1.54) is 0 Å². The van der Waals surface area contributed by atoms with Crippen molar-refractivity contribution in [3.63, 3.8) is 0 Å². The fourth-order valence-electron chi connectivity index (χ4n) is 1.39. The molecule has 0 aromatic rings. The van der Waals surface area contributed by atoms with Gasteiger partial charge in [0.05, 0.1) is 37.6 Å². The lowest BCUT2D eigenvalue weighted by molar-refractivity contribution is 0.365. The highest BCUT2D eigenvalue weighted by atomic mass is 31.3. The van der Waals surface area contributed by atoms with Crippen LogP contribution in [0.4, 0.5) is 0 Å². The molecule has 0 spiro atoms. The molecule has 0 saturated carbocycles.